The minimum absolute atomic E-state index is 0.0117. The van der Waals surface area contributed by atoms with E-state index in [4.69, 9.17) is 5.73 Å². The fourth-order valence-corrected chi connectivity index (χ4v) is 1.41. The van der Waals surface area contributed by atoms with E-state index in [1.165, 1.54) is 0 Å². The number of nitrogens with zero attached hydrogens (tertiary/aromatic N) is 1. The second-order valence-corrected chi connectivity index (χ2v) is 4.61. The number of amides is 1. The molecule has 0 bridgehead atoms. The molecule has 14 heavy (non-hydrogen) atoms. The van der Waals surface area contributed by atoms with Crippen LogP contribution in [0.4, 0.5) is 0 Å². The topological polar surface area (TPSA) is 46.3 Å². The number of carbonyl (C=O) groups is 1. The summed E-state index contributed by atoms with van der Waals surface area (Å²) in [6, 6.07) is 0.253. The van der Waals surface area contributed by atoms with Crippen LogP contribution in [-0.2, 0) is 4.79 Å². The minimum Gasteiger partial charge on any atom is -0.343 e. The van der Waals surface area contributed by atoms with Gasteiger partial charge in [0.1, 0.15) is 0 Å². The number of nitrogens with two attached hydrogens (primary N) is 1. The Bertz CT molecular complexity index is 178. The van der Waals surface area contributed by atoms with E-state index in [2.05, 4.69) is 13.8 Å². The van der Waals surface area contributed by atoms with Gasteiger partial charge in [-0.1, -0.05) is 13.8 Å². The highest BCUT2D eigenvalue weighted by Gasteiger charge is 2.22. The third kappa shape index (κ3) is 4.09. The molecule has 3 heteroatoms. The third-order valence-corrected chi connectivity index (χ3v) is 2.51. The SMILES string of the molecule is CC(C)CC(CN)C(=O)N(C)C(C)C. The van der Waals surface area contributed by atoms with Gasteiger partial charge in [-0.2, -0.15) is 0 Å². The minimum atomic E-state index is -0.0117. The van der Waals surface area contributed by atoms with Crippen LogP contribution in [0.3, 0.4) is 0 Å². The zero-order valence-electron chi connectivity index (χ0n) is 10.1. The maximum Gasteiger partial charge on any atom is 0.226 e. The largest absolute Gasteiger partial charge is 0.343 e. The fraction of sp³-hybridized carbons (Fsp3) is 0.909. The van der Waals surface area contributed by atoms with E-state index in [9.17, 15) is 4.79 Å². The first-order valence-electron chi connectivity index (χ1n) is 5.36. The van der Waals surface area contributed by atoms with Crippen LogP contribution in [0.5, 0.6) is 0 Å². The molecule has 1 unspecified atom stereocenters. The highest BCUT2D eigenvalue weighted by atomic mass is 16.2. The van der Waals surface area contributed by atoms with E-state index >= 15 is 0 Å². The number of carbonyl (C=O) groups excluding carboxylic acids is 1. The maximum atomic E-state index is 11.9. The lowest BCUT2D eigenvalue weighted by atomic mass is 9.95. The molecule has 84 valence electrons. The van der Waals surface area contributed by atoms with Crippen molar-refractivity contribution in [2.75, 3.05) is 13.6 Å². The van der Waals surface area contributed by atoms with Gasteiger partial charge in [0.05, 0.1) is 5.92 Å². The molecule has 0 aromatic carbocycles. The monoisotopic (exact) mass is 200 g/mol. The summed E-state index contributed by atoms with van der Waals surface area (Å²) in [5.74, 6) is 0.687. The third-order valence-electron chi connectivity index (χ3n) is 2.51. The fourth-order valence-electron chi connectivity index (χ4n) is 1.41. The van der Waals surface area contributed by atoms with Crippen LogP contribution < -0.4 is 5.73 Å². The Morgan fingerprint density at radius 1 is 1.29 bits per heavy atom. The molecule has 0 rings (SSSR count). The summed E-state index contributed by atoms with van der Waals surface area (Å²) in [6.07, 6.45) is 0.881. The summed E-state index contributed by atoms with van der Waals surface area (Å²) < 4.78 is 0. The molecule has 0 radical (unpaired) electrons. The summed E-state index contributed by atoms with van der Waals surface area (Å²) >= 11 is 0. The summed E-state index contributed by atoms with van der Waals surface area (Å²) in [6.45, 7) is 8.71. The maximum absolute atomic E-state index is 11.9. The normalized spacial score (nSPS) is 13.4. The molecule has 0 aromatic heterocycles. The first kappa shape index (κ1) is 13.4. The smallest absolute Gasteiger partial charge is 0.226 e. The van der Waals surface area contributed by atoms with Crippen LogP contribution >= 0.6 is 0 Å². The van der Waals surface area contributed by atoms with Gasteiger partial charge in [0, 0.05) is 19.6 Å². The van der Waals surface area contributed by atoms with Crippen LogP contribution in [0, 0.1) is 11.8 Å². The lowest BCUT2D eigenvalue weighted by Gasteiger charge is -2.27. The van der Waals surface area contributed by atoms with Gasteiger partial charge in [-0.3, -0.25) is 4.79 Å². The summed E-state index contributed by atoms with van der Waals surface area (Å²) in [5, 5.41) is 0. The highest BCUT2D eigenvalue weighted by Crippen LogP contribution is 2.14. The van der Waals surface area contributed by atoms with Crippen molar-refractivity contribution in [3.8, 4) is 0 Å². The van der Waals surface area contributed by atoms with Crippen LogP contribution in [0.25, 0.3) is 0 Å². The molecule has 0 saturated carbocycles. The Balaban J connectivity index is 4.30. The van der Waals surface area contributed by atoms with E-state index < -0.39 is 0 Å². The molecule has 1 amide bonds. The van der Waals surface area contributed by atoms with Crippen LogP contribution in [0.2, 0.25) is 0 Å². The van der Waals surface area contributed by atoms with Gasteiger partial charge in [0.25, 0.3) is 0 Å². The van der Waals surface area contributed by atoms with E-state index in [-0.39, 0.29) is 17.9 Å². The van der Waals surface area contributed by atoms with Crippen molar-refractivity contribution in [1.29, 1.82) is 0 Å². The molecule has 0 fully saturated rings. The summed E-state index contributed by atoms with van der Waals surface area (Å²) in [5.41, 5.74) is 5.61. The van der Waals surface area contributed by atoms with E-state index in [1.807, 2.05) is 20.9 Å². The average Bonchev–Trinajstić information content (AvgIpc) is 2.11. The predicted molar refractivity (Wildman–Crippen MR) is 59.9 cm³/mol. The van der Waals surface area contributed by atoms with E-state index in [1.54, 1.807) is 4.90 Å². The Morgan fingerprint density at radius 2 is 1.79 bits per heavy atom. The quantitative estimate of drug-likeness (QED) is 0.730. The van der Waals surface area contributed by atoms with Crippen molar-refractivity contribution in [2.45, 2.75) is 40.2 Å². The van der Waals surface area contributed by atoms with Crippen molar-refractivity contribution < 1.29 is 4.79 Å². The van der Waals surface area contributed by atoms with Crippen molar-refractivity contribution in [3.05, 3.63) is 0 Å². The van der Waals surface area contributed by atoms with Gasteiger partial charge in [0.2, 0.25) is 5.91 Å². The lowest BCUT2D eigenvalue weighted by Crippen LogP contribution is -2.40. The second-order valence-electron chi connectivity index (χ2n) is 4.61. The Labute approximate surface area is 87.6 Å². The number of hydrogen-bond acceptors (Lipinski definition) is 2. The molecule has 0 aliphatic heterocycles. The molecule has 0 aromatic rings. The van der Waals surface area contributed by atoms with Crippen molar-refractivity contribution >= 4 is 5.91 Å². The molecular formula is C11H24N2O. The Hall–Kier alpha value is -0.570. The summed E-state index contributed by atoms with van der Waals surface area (Å²) in [7, 11) is 1.84. The molecule has 3 nitrogen and oxygen atoms in total. The first-order valence-corrected chi connectivity index (χ1v) is 5.36. The molecule has 1 atom stereocenters. The second kappa shape index (κ2) is 6.02. The zero-order valence-corrected chi connectivity index (χ0v) is 10.1. The molecular weight excluding hydrogens is 176 g/mol. The van der Waals surface area contributed by atoms with Gasteiger partial charge >= 0.3 is 0 Å². The Morgan fingerprint density at radius 3 is 2.07 bits per heavy atom. The molecule has 0 aliphatic carbocycles. The van der Waals surface area contributed by atoms with E-state index in [0.717, 1.165) is 6.42 Å². The van der Waals surface area contributed by atoms with Crippen molar-refractivity contribution in [2.24, 2.45) is 17.6 Å². The molecule has 0 spiro atoms. The van der Waals surface area contributed by atoms with Crippen molar-refractivity contribution in [1.82, 2.24) is 4.90 Å². The van der Waals surface area contributed by atoms with Crippen molar-refractivity contribution in [3.63, 3.8) is 0 Å². The van der Waals surface area contributed by atoms with Gasteiger partial charge in [-0.25, -0.2) is 0 Å². The standard InChI is InChI=1S/C11H24N2O/c1-8(2)6-10(7-12)11(14)13(5)9(3)4/h8-10H,6-7,12H2,1-5H3. The van der Waals surface area contributed by atoms with E-state index in [0.29, 0.717) is 12.5 Å². The molecule has 0 saturated heterocycles. The van der Waals surface area contributed by atoms with Crippen LogP contribution in [-0.4, -0.2) is 30.4 Å². The van der Waals surface area contributed by atoms with Gasteiger partial charge < -0.3 is 10.6 Å². The average molecular weight is 200 g/mol. The van der Waals surface area contributed by atoms with Gasteiger partial charge in [-0.05, 0) is 26.2 Å². The molecule has 0 heterocycles. The predicted octanol–water partition coefficient (Wildman–Crippen LogP) is 1.47. The molecule has 2 N–H and O–H groups in total. The molecule has 0 aliphatic rings. The first-order chi connectivity index (χ1) is 6.40. The van der Waals surface area contributed by atoms with Crippen LogP contribution in [0.1, 0.15) is 34.1 Å². The summed E-state index contributed by atoms with van der Waals surface area (Å²) in [4.78, 5) is 13.7. The number of rotatable bonds is 5. The number of hydrogen-bond donors (Lipinski definition) is 1. The Kier molecular flexibility index (Phi) is 5.77. The van der Waals surface area contributed by atoms with Crippen LogP contribution in [0.15, 0.2) is 0 Å². The van der Waals surface area contributed by atoms with Gasteiger partial charge in [0.15, 0.2) is 0 Å². The lowest BCUT2D eigenvalue weighted by molar-refractivity contribution is -0.135. The van der Waals surface area contributed by atoms with Gasteiger partial charge in [-0.15, -0.1) is 0 Å². The highest BCUT2D eigenvalue weighted by molar-refractivity contribution is 5.79. The zero-order chi connectivity index (χ0) is 11.3.